The Morgan fingerprint density at radius 2 is 1.37 bits per heavy atom. The molecule has 0 heterocycles. The molecule has 0 unspecified atom stereocenters. The Labute approximate surface area is 222 Å². The molecule has 0 fully saturated rings. The Kier molecular flexibility index (Phi) is 42.8. The van der Waals surface area contributed by atoms with E-state index in [-0.39, 0.29) is 0 Å². The Bertz CT molecular complexity index is 539. The lowest BCUT2D eigenvalue weighted by Crippen LogP contribution is -1.90. The van der Waals surface area contributed by atoms with Gasteiger partial charge in [-0.2, -0.15) is 0 Å². The molecule has 0 N–H and O–H groups in total. The van der Waals surface area contributed by atoms with Gasteiger partial charge in [0.2, 0.25) is 0 Å². The highest BCUT2D eigenvalue weighted by molar-refractivity contribution is 5.44. The zero-order valence-electron chi connectivity index (χ0n) is 25.6. The average molecular weight is 489 g/mol. The Hall–Kier alpha value is -1.63. The van der Waals surface area contributed by atoms with E-state index in [1.807, 2.05) is 6.08 Å². The fourth-order valence-electron chi connectivity index (χ4n) is 2.94. The van der Waals surface area contributed by atoms with Crippen LogP contribution in [0.2, 0.25) is 0 Å². The quantitative estimate of drug-likeness (QED) is 0.153. The number of hydrogen-bond acceptors (Lipinski definition) is 1. The third kappa shape index (κ3) is 46.4. The van der Waals surface area contributed by atoms with Crippen molar-refractivity contribution in [3.63, 3.8) is 0 Å². The second kappa shape index (κ2) is 36.9. The molecule has 0 saturated carbocycles. The van der Waals surface area contributed by atoms with Gasteiger partial charge in [-0.3, -0.25) is 0 Å². The van der Waals surface area contributed by atoms with Crippen LogP contribution in [0.25, 0.3) is 0 Å². The molecule has 0 aliphatic carbocycles. The van der Waals surface area contributed by atoms with Crippen molar-refractivity contribution in [3.05, 3.63) is 60.2 Å². The van der Waals surface area contributed by atoms with Crippen LogP contribution in [0, 0.1) is 5.92 Å². The zero-order valence-corrected chi connectivity index (χ0v) is 25.6. The lowest BCUT2D eigenvalue weighted by molar-refractivity contribution is -0.106. The van der Waals surface area contributed by atoms with Gasteiger partial charge in [0.1, 0.15) is 6.29 Å². The topological polar surface area (TPSA) is 17.1 Å². The average Bonchev–Trinajstić information content (AvgIpc) is 2.81. The molecular weight excluding hydrogens is 424 g/mol. The molecule has 1 aromatic carbocycles. The smallest absolute Gasteiger partial charge is 0.116 e. The van der Waals surface area contributed by atoms with Crippen molar-refractivity contribution in [2.24, 2.45) is 5.92 Å². The van der Waals surface area contributed by atoms with Gasteiger partial charge < -0.3 is 4.79 Å². The van der Waals surface area contributed by atoms with Gasteiger partial charge in [0, 0.05) is 0 Å². The summed E-state index contributed by atoms with van der Waals surface area (Å²) in [5, 5.41) is 0. The van der Waals surface area contributed by atoms with Crippen LogP contribution >= 0.6 is 0 Å². The number of allylic oxidation sites excluding steroid dienone is 2. The van der Waals surface area contributed by atoms with Gasteiger partial charge in [-0.15, -0.1) is 6.58 Å². The number of carbonyl (C=O) groups excluding carboxylic acids is 1. The molecule has 0 bridgehead atoms. The van der Waals surface area contributed by atoms with Crippen LogP contribution in [0.3, 0.4) is 0 Å². The fraction of sp³-hybridized carbons (Fsp3) is 0.676. The molecular formula is C34H64O. The summed E-state index contributed by atoms with van der Waals surface area (Å²) in [6.45, 7) is 26.7. The maximum absolute atomic E-state index is 8.81. The van der Waals surface area contributed by atoms with E-state index in [4.69, 9.17) is 4.79 Å². The lowest BCUT2D eigenvalue weighted by atomic mass is 10.0. The summed E-state index contributed by atoms with van der Waals surface area (Å²) in [6.07, 6.45) is 19.4. The summed E-state index contributed by atoms with van der Waals surface area (Å²) in [5.74, 6) is 0.898. The SMILES string of the molecule is C=C(C)Cc1cccc(CCCCC)c1.C=CCCCCC.CC=O.CCCC.CCCC(C)C. The molecule has 0 aliphatic rings. The van der Waals surface area contributed by atoms with Crippen molar-refractivity contribution in [2.45, 2.75) is 146 Å². The normalized spacial score (nSPS) is 9.09. The summed E-state index contributed by atoms with van der Waals surface area (Å²) in [4.78, 5) is 8.81. The zero-order chi connectivity index (χ0) is 27.7. The van der Waals surface area contributed by atoms with Gasteiger partial charge in [-0.25, -0.2) is 0 Å². The van der Waals surface area contributed by atoms with Crippen LogP contribution in [-0.2, 0) is 17.6 Å². The summed E-state index contributed by atoms with van der Waals surface area (Å²) in [5.41, 5.74) is 4.11. The highest BCUT2D eigenvalue weighted by atomic mass is 16.1. The van der Waals surface area contributed by atoms with Gasteiger partial charge in [0.25, 0.3) is 0 Å². The molecule has 0 spiro atoms. The molecule has 1 nitrogen and oxygen atoms in total. The van der Waals surface area contributed by atoms with Crippen LogP contribution < -0.4 is 0 Å². The Balaban J connectivity index is -0.000000201. The van der Waals surface area contributed by atoms with Crippen molar-refractivity contribution < 1.29 is 4.79 Å². The third-order valence-electron chi connectivity index (χ3n) is 4.94. The summed E-state index contributed by atoms with van der Waals surface area (Å²) >= 11 is 0. The molecule has 0 amide bonds. The number of aldehydes is 1. The first kappa shape index (κ1) is 40.5. The van der Waals surface area contributed by atoms with E-state index in [1.165, 1.54) is 101 Å². The van der Waals surface area contributed by atoms with Crippen molar-refractivity contribution >= 4 is 6.29 Å². The minimum atomic E-state index is 0.750. The van der Waals surface area contributed by atoms with Crippen LogP contribution in [0.1, 0.15) is 144 Å². The Morgan fingerprint density at radius 3 is 1.74 bits per heavy atom. The van der Waals surface area contributed by atoms with Crippen LogP contribution in [-0.4, -0.2) is 6.29 Å². The van der Waals surface area contributed by atoms with E-state index in [2.05, 4.69) is 92.8 Å². The second-order valence-corrected chi connectivity index (χ2v) is 9.61. The molecule has 1 aromatic rings. The fourth-order valence-corrected chi connectivity index (χ4v) is 2.94. The number of aryl methyl sites for hydroxylation is 1. The molecule has 0 aromatic heterocycles. The minimum absolute atomic E-state index is 0.750. The van der Waals surface area contributed by atoms with Gasteiger partial charge in [-0.1, -0.05) is 142 Å². The highest BCUT2D eigenvalue weighted by Gasteiger charge is 1.96. The Morgan fingerprint density at radius 1 is 0.857 bits per heavy atom. The van der Waals surface area contributed by atoms with Crippen LogP contribution in [0.15, 0.2) is 49.1 Å². The van der Waals surface area contributed by atoms with E-state index in [0.29, 0.717) is 0 Å². The first-order chi connectivity index (χ1) is 16.7. The monoisotopic (exact) mass is 488 g/mol. The second-order valence-electron chi connectivity index (χ2n) is 9.61. The van der Waals surface area contributed by atoms with Gasteiger partial charge >= 0.3 is 0 Å². The summed E-state index contributed by atoms with van der Waals surface area (Å²) in [6, 6.07) is 8.92. The predicted molar refractivity (Wildman–Crippen MR) is 165 cm³/mol. The maximum atomic E-state index is 8.81. The number of unbranched alkanes of at least 4 members (excludes halogenated alkanes) is 6. The molecule has 0 aliphatic heterocycles. The van der Waals surface area contributed by atoms with E-state index >= 15 is 0 Å². The number of carbonyl (C=O) groups is 1. The molecule has 1 rings (SSSR count). The molecule has 0 atom stereocenters. The van der Waals surface area contributed by atoms with Crippen molar-refractivity contribution in [1.82, 2.24) is 0 Å². The first-order valence-electron chi connectivity index (χ1n) is 14.5. The number of benzene rings is 1. The van der Waals surface area contributed by atoms with E-state index in [9.17, 15) is 0 Å². The van der Waals surface area contributed by atoms with Gasteiger partial charge in [-0.05, 0) is 63.0 Å². The van der Waals surface area contributed by atoms with Gasteiger partial charge in [0.05, 0.1) is 0 Å². The lowest BCUT2D eigenvalue weighted by Gasteiger charge is -2.05. The predicted octanol–water partition coefficient (Wildman–Crippen LogP) is 11.7. The minimum Gasteiger partial charge on any atom is -0.304 e. The summed E-state index contributed by atoms with van der Waals surface area (Å²) < 4.78 is 0. The maximum Gasteiger partial charge on any atom is 0.116 e. The molecule has 1 heteroatoms. The standard InChI is InChI=1S/C15H22.C7H14.C6H14.C4H10.C2H4O/c1-4-5-6-8-14-9-7-10-15(12-14)11-13(2)3;1-3-5-7-6-4-2;1-4-5-6(2)3;1-3-4-2;1-2-3/h7,9-10,12H,2,4-6,8,11H2,1,3H3;3H,1,4-7H2,2H3;6H,4-5H2,1-3H3;3-4H2,1-2H3;2H,1H3. The van der Waals surface area contributed by atoms with Crippen LogP contribution in [0.5, 0.6) is 0 Å². The molecule has 206 valence electrons. The van der Waals surface area contributed by atoms with Gasteiger partial charge in [0.15, 0.2) is 0 Å². The van der Waals surface area contributed by atoms with E-state index in [1.54, 1.807) is 0 Å². The number of rotatable bonds is 13. The number of hydrogen-bond donors (Lipinski definition) is 0. The highest BCUT2D eigenvalue weighted by Crippen LogP contribution is 2.12. The van der Waals surface area contributed by atoms with Crippen molar-refractivity contribution in [3.8, 4) is 0 Å². The first-order valence-corrected chi connectivity index (χ1v) is 14.5. The molecule has 35 heavy (non-hydrogen) atoms. The van der Waals surface area contributed by atoms with Crippen molar-refractivity contribution in [2.75, 3.05) is 0 Å². The third-order valence-corrected chi connectivity index (χ3v) is 4.94. The van der Waals surface area contributed by atoms with E-state index in [0.717, 1.165) is 18.6 Å². The molecule has 0 radical (unpaired) electrons. The van der Waals surface area contributed by atoms with Crippen molar-refractivity contribution in [1.29, 1.82) is 0 Å². The van der Waals surface area contributed by atoms with Crippen LogP contribution in [0.4, 0.5) is 0 Å². The van der Waals surface area contributed by atoms with E-state index < -0.39 is 0 Å². The molecule has 0 saturated heterocycles. The largest absolute Gasteiger partial charge is 0.304 e. The summed E-state index contributed by atoms with van der Waals surface area (Å²) in [7, 11) is 0.